The number of nitrogens with zero attached hydrogens (tertiary/aromatic N) is 2. The van der Waals surface area contributed by atoms with Crippen LogP contribution in [0, 0.1) is 5.41 Å². The van der Waals surface area contributed by atoms with Gasteiger partial charge in [0, 0.05) is 25.7 Å². The van der Waals surface area contributed by atoms with E-state index in [1.54, 1.807) is 0 Å². The van der Waals surface area contributed by atoms with Gasteiger partial charge in [0.1, 0.15) is 0 Å². The Morgan fingerprint density at radius 3 is 2.58 bits per heavy atom. The van der Waals surface area contributed by atoms with E-state index in [4.69, 9.17) is 0 Å². The fraction of sp³-hybridized carbons (Fsp3) is 0.667. The van der Waals surface area contributed by atoms with Crippen LogP contribution in [0.5, 0.6) is 0 Å². The zero-order chi connectivity index (χ0) is 16.4. The van der Waals surface area contributed by atoms with Crippen molar-refractivity contribution in [2.75, 3.05) is 26.2 Å². The first-order chi connectivity index (χ1) is 11.8. The second kappa shape index (κ2) is 6.87. The molecular formula is C21H30N2O. The van der Waals surface area contributed by atoms with Gasteiger partial charge >= 0.3 is 0 Å². The van der Waals surface area contributed by atoms with Crippen molar-refractivity contribution in [3.05, 3.63) is 35.9 Å². The van der Waals surface area contributed by atoms with Gasteiger partial charge in [0.2, 0.25) is 5.91 Å². The van der Waals surface area contributed by atoms with E-state index in [0.717, 1.165) is 51.5 Å². The highest BCUT2D eigenvalue weighted by Crippen LogP contribution is 2.42. The summed E-state index contributed by atoms with van der Waals surface area (Å²) in [7, 11) is 0. The molecule has 2 aliphatic heterocycles. The number of likely N-dealkylation sites (tertiary alicyclic amines) is 2. The Kier molecular flexibility index (Phi) is 4.62. The molecule has 1 amide bonds. The minimum absolute atomic E-state index is 0.0580. The molecule has 2 saturated heterocycles. The van der Waals surface area contributed by atoms with E-state index >= 15 is 0 Å². The van der Waals surface area contributed by atoms with E-state index in [2.05, 4.69) is 40.1 Å². The van der Waals surface area contributed by atoms with E-state index < -0.39 is 0 Å². The number of carbonyl (C=O) groups excluding carboxylic acids is 1. The van der Waals surface area contributed by atoms with Gasteiger partial charge in [-0.25, -0.2) is 0 Å². The van der Waals surface area contributed by atoms with Crippen molar-refractivity contribution in [3.8, 4) is 0 Å². The summed E-state index contributed by atoms with van der Waals surface area (Å²) in [6, 6.07) is 11.3. The van der Waals surface area contributed by atoms with Crippen LogP contribution in [0.1, 0.15) is 50.5 Å². The van der Waals surface area contributed by atoms with E-state index in [1.165, 1.54) is 37.7 Å². The Hall–Kier alpha value is -1.35. The van der Waals surface area contributed by atoms with Crippen molar-refractivity contribution in [3.63, 3.8) is 0 Å². The van der Waals surface area contributed by atoms with Gasteiger partial charge in [0.05, 0.1) is 5.41 Å². The fourth-order valence-corrected chi connectivity index (χ4v) is 5.14. The lowest BCUT2D eigenvalue weighted by atomic mass is 9.78. The molecular weight excluding hydrogens is 296 g/mol. The molecule has 24 heavy (non-hydrogen) atoms. The third-order valence-corrected chi connectivity index (χ3v) is 6.56. The van der Waals surface area contributed by atoms with Gasteiger partial charge in [-0.05, 0) is 50.6 Å². The largest absolute Gasteiger partial charge is 0.342 e. The average molecular weight is 326 g/mol. The molecule has 1 spiro atoms. The molecule has 4 rings (SSSR count). The number of amides is 1. The molecule has 2 heterocycles. The molecule has 0 bridgehead atoms. The van der Waals surface area contributed by atoms with Gasteiger partial charge in [-0.3, -0.25) is 9.69 Å². The van der Waals surface area contributed by atoms with Gasteiger partial charge in [0.15, 0.2) is 0 Å². The van der Waals surface area contributed by atoms with Crippen molar-refractivity contribution in [1.29, 1.82) is 0 Å². The van der Waals surface area contributed by atoms with Crippen LogP contribution in [0.2, 0.25) is 0 Å². The number of piperidine rings is 1. The summed E-state index contributed by atoms with van der Waals surface area (Å²) < 4.78 is 0. The van der Waals surface area contributed by atoms with E-state index in [-0.39, 0.29) is 5.41 Å². The van der Waals surface area contributed by atoms with Gasteiger partial charge in [-0.15, -0.1) is 0 Å². The third-order valence-electron chi connectivity index (χ3n) is 6.56. The van der Waals surface area contributed by atoms with Crippen molar-refractivity contribution in [2.24, 2.45) is 5.41 Å². The van der Waals surface area contributed by atoms with Crippen molar-refractivity contribution >= 4 is 5.91 Å². The molecule has 3 fully saturated rings. The molecule has 0 N–H and O–H groups in total. The minimum atomic E-state index is -0.0580. The molecule has 3 heteroatoms. The number of hydrogen-bond acceptors (Lipinski definition) is 2. The van der Waals surface area contributed by atoms with E-state index in [9.17, 15) is 4.79 Å². The molecule has 0 radical (unpaired) electrons. The maximum Gasteiger partial charge on any atom is 0.230 e. The van der Waals surface area contributed by atoms with Crippen molar-refractivity contribution in [2.45, 2.75) is 57.4 Å². The smallest absolute Gasteiger partial charge is 0.230 e. The standard InChI is InChI=1S/C21H30N2O/c24-20-21(13-16-23(17-21)19-9-4-5-10-19)12-6-14-22(20)15-11-18-7-2-1-3-8-18/h1-3,7-8,19H,4-6,9-17H2. The second-order valence-electron chi connectivity index (χ2n) is 8.07. The molecule has 1 unspecified atom stereocenters. The minimum Gasteiger partial charge on any atom is -0.342 e. The molecule has 1 aliphatic carbocycles. The Labute approximate surface area is 146 Å². The first kappa shape index (κ1) is 16.1. The zero-order valence-corrected chi connectivity index (χ0v) is 14.8. The second-order valence-corrected chi connectivity index (χ2v) is 8.07. The third kappa shape index (κ3) is 3.11. The highest BCUT2D eigenvalue weighted by molar-refractivity contribution is 5.84. The highest BCUT2D eigenvalue weighted by Gasteiger charge is 2.49. The van der Waals surface area contributed by atoms with Crippen LogP contribution >= 0.6 is 0 Å². The quantitative estimate of drug-likeness (QED) is 0.845. The maximum absolute atomic E-state index is 13.2. The van der Waals surface area contributed by atoms with Crippen LogP contribution in [-0.2, 0) is 11.2 Å². The number of rotatable bonds is 4. The fourth-order valence-electron chi connectivity index (χ4n) is 5.14. The maximum atomic E-state index is 13.2. The van der Waals surface area contributed by atoms with Gasteiger partial charge in [0.25, 0.3) is 0 Å². The lowest BCUT2D eigenvalue weighted by Crippen LogP contribution is -2.51. The van der Waals surface area contributed by atoms with Crippen LogP contribution in [0.4, 0.5) is 0 Å². The summed E-state index contributed by atoms with van der Waals surface area (Å²) in [4.78, 5) is 18.0. The molecule has 1 saturated carbocycles. The lowest BCUT2D eigenvalue weighted by Gasteiger charge is -2.40. The first-order valence-electron chi connectivity index (χ1n) is 9.84. The Morgan fingerprint density at radius 2 is 1.79 bits per heavy atom. The number of benzene rings is 1. The van der Waals surface area contributed by atoms with Crippen LogP contribution in [0.25, 0.3) is 0 Å². The topological polar surface area (TPSA) is 23.6 Å². The van der Waals surface area contributed by atoms with E-state index in [0.29, 0.717) is 5.91 Å². The Morgan fingerprint density at radius 1 is 1.00 bits per heavy atom. The number of carbonyl (C=O) groups is 1. The normalized spacial score (nSPS) is 29.0. The van der Waals surface area contributed by atoms with Gasteiger partial charge in [-0.2, -0.15) is 0 Å². The molecule has 0 aromatic heterocycles. The summed E-state index contributed by atoms with van der Waals surface area (Å²) >= 11 is 0. The Bertz CT molecular complexity index is 566. The SMILES string of the molecule is O=C1N(CCc2ccccc2)CCCC12CCN(C1CCCC1)C2. The van der Waals surface area contributed by atoms with Crippen LogP contribution < -0.4 is 0 Å². The molecule has 130 valence electrons. The summed E-state index contributed by atoms with van der Waals surface area (Å²) in [5.41, 5.74) is 1.28. The van der Waals surface area contributed by atoms with E-state index in [1.807, 2.05) is 0 Å². The summed E-state index contributed by atoms with van der Waals surface area (Å²) in [5.74, 6) is 0.449. The highest BCUT2D eigenvalue weighted by atomic mass is 16.2. The molecule has 1 aromatic rings. The summed E-state index contributed by atoms with van der Waals surface area (Å²) in [6.07, 6.45) is 9.82. The van der Waals surface area contributed by atoms with Crippen LogP contribution in [0.3, 0.4) is 0 Å². The van der Waals surface area contributed by atoms with Crippen LogP contribution in [0.15, 0.2) is 30.3 Å². The van der Waals surface area contributed by atoms with Gasteiger partial charge < -0.3 is 4.90 Å². The predicted molar refractivity (Wildman–Crippen MR) is 96.8 cm³/mol. The molecule has 1 atom stereocenters. The van der Waals surface area contributed by atoms with Crippen molar-refractivity contribution < 1.29 is 4.79 Å². The molecule has 3 nitrogen and oxygen atoms in total. The summed E-state index contributed by atoms with van der Waals surface area (Å²) in [6.45, 7) is 4.01. The van der Waals surface area contributed by atoms with Crippen LogP contribution in [-0.4, -0.2) is 47.9 Å². The molecule has 3 aliphatic rings. The number of hydrogen-bond donors (Lipinski definition) is 0. The van der Waals surface area contributed by atoms with Crippen molar-refractivity contribution in [1.82, 2.24) is 9.80 Å². The van der Waals surface area contributed by atoms with Gasteiger partial charge in [-0.1, -0.05) is 43.2 Å². The monoisotopic (exact) mass is 326 g/mol. The lowest BCUT2D eigenvalue weighted by molar-refractivity contribution is -0.145. The first-order valence-corrected chi connectivity index (χ1v) is 9.84. The molecule has 1 aromatic carbocycles. The summed E-state index contributed by atoms with van der Waals surface area (Å²) in [5, 5.41) is 0. The Balaban J connectivity index is 1.39. The zero-order valence-electron chi connectivity index (χ0n) is 14.8. The predicted octanol–water partition coefficient (Wildman–Crippen LogP) is 3.49. The average Bonchev–Trinajstić information content (AvgIpc) is 3.28.